The molecule has 2 N–H and O–H groups in total. The summed E-state index contributed by atoms with van der Waals surface area (Å²) in [5.74, 6) is -0.615. The highest BCUT2D eigenvalue weighted by atomic mass is 32.1. The first kappa shape index (κ1) is 33.4. The molecule has 0 bridgehead atoms. The molecule has 3 rings (SSSR count). The van der Waals surface area contributed by atoms with E-state index >= 15 is 0 Å². The molecule has 0 aliphatic carbocycles. The summed E-state index contributed by atoms with van der Waals surface area (Å²) >= 11 is 0.912. The number of unbranched alkanes of at least 4 members (excludes halogenated alkanes) is 9. The Bertz CT molecular complexity index is 1280. The largest absolute Gasteiger partial charge is 0.494 e. The molecule has 0 fully saturated rings. The van der Waals surface area contributed by atoms with E-state index in [0.29, 0.717) is 37.2 Å². The van der Waals surface area contributed by atoms with Gasteiger partial charge in [0.15, 0.2) is 0 Å². The fourth-order valence-electron chi connectivity index (χ4n) is 5.20. The Balaban J connectivity index is 1.52. The maximum absolute atomic E-state index is 12.9. The lowest BCUT2D eigenvalue weighted by Crippen LogP contribution is -2.43. The fourth-order valence-corrected chi connectivity index (χ4v) is 6.22. The second kappa shape index (κ2) is 17.1. The molecule has 8 heteroatoms. The first-order valence-electron chi connectivity index (χ1n) is 15.6. The Morgan fingerprint density at radius 2 is 1.55 bits per heavy atom. The molecule has 42 heavy (non-hydrogen) atoms. The van der Waals surface area contributed by atoms with Gasteiger partial charge in [-0.25, -0.2) is 4.79 Å². The van der Waals surface area contributed by atoms with Gasteiger partial charge in [0, 0.05) is 24.7 Å². The van der Waals surface area contributed by atoms with Crippen molar-refractivity contribution in [3.8, 4) is 11.6 Å². The van der Waals surface area contributed by atoms with Gasteiger partial charge in [0.2, 0.25) is 5.88 Å². The number of hydrogen-bond donors (Lipinski definition) is 2. The molecule has 0 aliphatic heterocycles. The number of aryl methyl sites for hydroxylation is 1. The quantitative estimate of drug-likeness (QED) is 0.129. The van der Waals surface area contributed by atoms with Crippen LogP contribution >= 0.6 is 11.3 Å². The zero-order chi connectivity index (χ0) is 30.4. The number of thiazole rings is 1. The predicted octanol–water partition coefficient (Wildman–Crippen LogP) is 7.90. The third-order valence-electron chi connectivity index (χ3n) is 8.03. The van der Waals surface area contributed by atoms with Crippen molar-refractivity contribution in [3.63, 3.8) is 0 Å². The van der Waals surface area contributed by atoms with E-state index in [1.807, 2.05) is 36.5 Å². The van der Waals surface area contributed by atoms with E-state index in [1.54, 1.807) is 6.92 Å². The van der Waals surface area contributed by atoms with Gasteiger partial charge < -0.3 is 14.9 Å². The molecule has 1 atom stereocenters. The maximum atomic E-state index is 12.9. The van der Waals surface area contributed by atoms with Crippen molar-refractivity contribution in [2.24, 2.45) is 0 Å². The third kappa shape index (κ3) is 9.72. The number of benzene rings is 1. The van der Waals surface area contributed by atoms with Gasteiger partial charge in [-0.05, 0) is 49.1 Å². The lowest BCUT2D eigenvalue weighted by atomic mass is 9.93. The number of hydrogen-bond acceptors (Lipinski definition) is 6. The summed E-state index contributed by atoms with van der Waals surface area (Å²) in [6, 6.07) is 11.7. The minimum atomic E-state index is -1.49. The van der Waals surface area contributed by atoms with Crippen molar-refractivity contribution >= 4 is 17.3 Å². The van der Waals surface area contributed by atoms with Gasteiger partial charge in [-0.3, -0.25) is 14.3 Å². The first-order valence-corrected chi connectivity index (χ1v) is 16.4. The summed E-state index contributed by atoms with van der Waals surface area (Å²) in [6.45, 7) is 6.38. The Morgan fingerprint density at radius 1 is 0.929 bits per heavy atom. The van der Waals surface area contributed by atoms with Crippen LogP contribution in [0, 0.1) is 0 Å². The van der Waals surface area contributed by atoms with Gasteiger partial charge in [0.05, 0.1) is 11.5 Å². The number of aromatic hydroxyl groups is 1. The summed E-state index contributed by atoms with van der Waals surface area (Å²) in [5.41, 5.74) is 1.61. The lowest BCUT2D eigenvalue weighted by Gasteiger charge is -2.26. The van der Waals surface area contributed by atoms with Crippen LogP contribution in [0.3, 0.4) is 0 Å². The van der Waals surface area contributed by atoms with Gasteiger partial charge >= 0.3 is 10.8 Å². The number of carbonyl (C=O) groups is 1. The highest BCUT2D eigenvalue weighted by Crippen LogP contribution is 2.33. The van der Waals surface area contributed by atoms with Crippen molar-refractivity contribution in [2.75, 3.05) is 6.61 Å². The van der Waals surface area contributed by atoms with Crippen molar-refractivity contribution in [3.05, 3.63) is 74.0 Å². The standard InChI is InChI=1S/C34H48N2O5S/c1-4-6-7-8-9-10-11-12-13-14-22-34(3,32(38)39)36-31(37)30(42-33(36)40)24-27-16-19-29(20-17-27)41-23-21-28-18-15-26(5-2)25-35-28/h15-20,25,37H,4-14,21-24H2,1-3H3,(H,38,39). The normalized spacial score (nSPS) is 12.7. The number of pyridine rings is 1. The van der Waals surface area contributed by atoms with Crippen molar-refractivity contribution < 1.29 is 19.7 Å². The van der Waals surface area contributed by atoms with E-state index in [0.717, 1.165) is 58.6 Å². The van der Waals surface area contributed by atoms with Gasteiger partial charge in [-0.15, -0.1) is 0 Å². The zero-order valence-corrected chi connectivity index (χ0v) is 26.4. The average Bonchev–Trinajstić information content (AvgIpc) is 3.27. The topological polar surface area (TPSA) is 102 Å². The van der Waals surface area contributed by atoms with Gasteiger partial charge in [0.25, 0.3) is 0 Å². The van der Waals surface area contributed by atoms with E-state index in [9.17, 15) is 19.8 Å². The number of carboxylic acids is 1. The third-order valence-corrected chi connectivity index (χ3v) is 8.97. The molecule has 0 radical (unpaired) electrons. The van der Waals surface area contributed by atoms with E-state index in [4.69, 9.17) is 4.74 Å². The number of ether oxygens (including phenoxy) is 1. The lowest BCUT2D eigenvalue weighted by molar-refractivity contribution is -0.147. The number of nitrogens with zero attached hydrogens (tertiary/aromatic N) is 2. The highest BCUT2D eigenvalue weighted by Gasteiger charge is 2.39. The van der Waals surface area contributed by atoms with Crippen LogP contribution in [0.2, 0.25) is 0 Å². The molecule has 0 spiro atoms. The molecule has 0 aliphatic rings. The molecule has 1 aromatic carbocycles. The molecular weight excluding hydrogens is 548 g/mol. The average molecular weight is 597 g/mol. The number of aliphatic carboxylic acids is 1. The number of carboxylic acid groups (broad SMARTS) is 1. The Morgan fingerprint density at radius 3 is 2.12 bits per heavy atom. The van der Waals surface area contributed by atoms with Crippen LogP contribution in [0.4, 0.5) is 0 Å². The highest BCUT2D eigenvalue weighted by molar-refractivity contribution is 7.09. The molecule has 0 saturated heterocycles. The monoisotopic (exact) mass is 596 g/mol. The Kier molecular flexibility index (Phi) is 13.6. The minimum Gasteiger partial charge on any atom is -0.494 e. The molecular formula is C34H48N2O5S. The second-order valence-electron chi connectivity index (χ2n) is 11.4. The summed E-state index contributed by atoms with van der Waals surface area (Å²) in [7, 11) is 0. The Hall–Kier alpha value is -3.13. The SMILES string of the molecule is CCCCCCCCCCCCC(C)(C(=O)O)n1c(O)c(Cc2ccc(OCCc3ccc(CC)cn3)cc2)sc1=O. The maximum Gasteiger partial charge on any atom is 0.329 e. The smallest absolute Gasteiger partial charge is 0.329 e. The summed E-state index contributed by atoms with van der Waals surface area (Å²) in [4.78, 5) is 29.8. The van der Waals surface area contributed by atoms with Crippen LogP contribution in [0.5, 0.6) is 11.6 Å². The summed E-state index contributed by atoms with van der Waals surface area (Å²) in [5, 5.41) is 21.1. The molecule has 3 aromatic rings. The van der Waals surface area contributed by atoms with Gasteiger partial charge in [-0.2, -0.15) is 0 Å². The zero-order valence-electron chi connectivity index (χ0n) is 25.6. The number of aromatic nitrogens is 2. The van der Waals surface area contributed by atoms with Crippen LogP contribution in [-0.2, 0) is 29.6 Å². The van der Waals surface area contributed by atoms with E-state index < -0.39 is 16.4 Å². The van der Waals surface area contributed by atoms with Gasteiger partial charge in [0.1, 0.15) is 11.3 Å². The minimum absolute atomic E-state index is 0.246. The van der Waals surface area contributed by atoms with Crippen LogP contribution in [-0.4, -0.2) is 32.3 Å². The summed E-state index contributed by atoms with van der Waals surface area (Å²) in [6.07, 6.45) is 15.7. The molecule has 1 unspecified atom stereocenters. The van der Waals surface area contributed by atoms with Crippen LogP contribution < -0.4 is 9.61 Å². The second-order valence-corrected chi connectivity index (χ2v) is 12.4. The van der Waals surface area contributed by atoms with Crippen LogP contribution in [0.1, 0.15) is 113 Å². The molecule has 7 nitrogen and oxygen atoms in total. The molecule has 0 saturated carbocycles. The fraction of sp³-hybridized carbons (Fsp3) is 0.559. The molecule has 2 aromatic heterocycles. The van der Waals surface area contributed by atoms with Crippen molar-refractivity contribution in [1.29, 1.82) is 0 Å². The van der Waals surface area contributed by atoms with Crippen LogP contribution in [0.15, 0.2) is 47.4 Å². The summed E-state index contributed by atoms with van der Waals surface area (Å²) < 4.78 is 6.96. The van der Waals surface area contributed by atoms with E-state index in [-0.39, 0.29) is 5.88 Å². The van der Waals surface area contributed by atoms with Crippen LogP contribution in [0.25, 0.3) is 0 Å². The Labute approximate surface area is 254 Å². The predicted molar refractivity (Wildman–Crippen MR) is 170 cm³/mol. The molecule has 230 valence electrons. The van der Waals surface area contributed by atoms with Crippen molar-refractivity contribution in [2.45, 2.75) is 116 Å². The van der Waals surface area contributed by atoms with E-state index in [2.05, 4.69) is 24.9 Å². The number of rotatable bonds is 20. The van der Waals surface area contributed by atoms with Gasteiger partial charge in [-0.1, -0.05) is 108 Å². The molecule has 0 amide bonds. The van der Waals surface area contributed by atoms with E-state index in [1.165, 1.54) is 44.1 Å². The van der Waals surface area contributed by atoms with Crippen molar-refractivity contribution in [1.82, 2.24) is 9.55 Å². The first-order chi connectivity index (χ1) is 20.3. The molecule has 2 heterocycles.